The lowest BCUT2D eigenvalue weighted by Crippen LogP contribution is -2.15. The molecule has 10 heavy (non-hydrogen) atoms. The highest BCUT2D eigenvalue weighted by Gasteiger charge is 2.06. The van der Waals surface area contributed by atoms with Crippen LogP contribution in [0.4, 0.5) is 0 Å². The monoisotopic (exact) mass is 144 g/mol. The van der Waals surface area contributed by atoms with Crippen LogP contribution >= 0.6 is 0 Å². The molecule has 2 N–H and O–H groups in total. The smallest absolute Gasteiger partial charge is 0.213 e. The lowest BCUT2D eigenvalue weighted by atomic mass is 10.2. The fourth-order valence-corrected chi connectivity index (χ4v) is 0.558. The summed E-state index contributed by atoms with van der Waals surface area (Å²) in [6.45, 7) is -0.283. The molecule has 56 valence electrons. The van der Waals surface area contributed by atoms with Gasteiger partial charge in [-0.3, -0.25) is 0 Å². The minimum absolute atomic E-state index is 0.229. The lowest BCUT2D eigenvalue weighted by molar-refractivity contribution is 0.0933. The highest BCUT2D eigenvalue weighted by Crippen LogP contribution is 1.94. The van der Waals surface area contributed by atoms with Gasteiger partial charge in [0.2, 0.25) is 6.39 Å². The van der Waals surface area contributed by atoms with Gasteiger partial charge in [-0.25, -0.2) is 0 Å². The van der Waals surface area contributed by atoms with Crippen molar-refractivity contribution < 1.29 is 14.7 Å². The molecule has 0 saturated heterocycles. The van der Waals surface area contributed by atoms with Crippen LogP contribution in [0.3, 0.4) is 0 Å². The van der Waals surface area contributed by atoms with Crippen LogP contribution in [0.25, 0.3) is 0 Å². The minimum atomic E-state index is -0.794. The van der Waals surface area contributed by atoms with Gasteiger partial charge in [0.25, 0.3) is 0 Å². The molecule has 0 aliphatic heterocycles. The zero-order chi connectivity index (χ0) is 7.40. The van der Waals surface area contributed by atoms with Crippen LogP contribution in [-0.4, -0.2) is 33.1 Å². The van der Waals surface area contributed by atoms with Crippen molar-refractivity contribution in [2.75, 3.05) is 6.61 Å². The van der Waals surface area contributed by atoms with Crippen molar-refractivity contribution in [3.05, 3.63) is 12.2 Å². The first kappa shape index (κ1) is 7.17. The van der Waals surface area contributed by atoms with Gasteiger partial charge in [0, 0.05) is 6.42 Å². The highest BCUT2D eigenvalue weighted by molar-refractivity contribution is 4.80. The maximum atomic E-state index is 8.86. The van der Waals surface area contributed by atoms with E-state index in [4.69, 9.17) is 10.2 Å². The predicted octanol–water partition coefficient (Wildman–Crippen LogP) is -1.03. The van der Waals surface area contributed by atoms with E-state index >= 15 is 0 Å². The van der Waals surface area contributed by atoms with Crippen LogP contribution in [0.5, 0.6) is 0 Å². The predicted molar refractivity (Wildman–Crippen MR) is 31.1 cm³/mol. The number of aliphatic hydroxyl groups excluding tert-OH is 2. The second kappa shape index (κ2) is 3.28. The zero-order valence-electron chi connectivity index (χ0n) is 5.27. The molecular weight excluding hydrogens is 136 g/mol. The second-order valence-electron chi connectivity index (χ2n) is 1.89. The van der Waals surface area contributed by atoms with Gasteiger partial charge in [-0.1, -0.05) is 5.16 Å². The van der Waals surface area contributed by atoms with E-state index in [-0.39, 0.29) is 13.0 Å². The van der Waals surface area contributed by atoms with Crippen LogP contribution in [-0.2, 0) is 6.42 Å². The molecule has 0 bridgehead atoms. The zero-order valence-corrected chi connectivity index (χ0v) is 5.27. The molecule has 0 saturated carbocycles. The van der Waals surface area contributed by atoms with Crippen molar-refractivity contribution in [1.82, 2.24) is 10.1 Å². The third-order valence-corrected chi connectivity index (χ3v) is 1.04. The molecular formula is C5H8N2O3. The molecule has 0 aliphatic carbocycles. The summed E-state index contributed by atoms with van der Waals surface area (Å²) < 4.78 is 4.41. The van der Waals surface area contributed by atoms with Crippen molar-refractivity contribution in [3.8, 4) is 0 Å². The van der Waals surface area contributed by atoms with Crippen molar-refractivity contribution in [1.29, 1.82) is 0 Å². The molecule has 5 nitrogen and oxygen atoms in total. The Balaban J connectivity index is 2.40. The Morgan fingerprint density at radius 2 is 2.50 bits per heavy atom. The molecule has 0 aliphatic rings. The molecule has 0 aromatic carbocycles. The van der Waals surface area contributed by atoms with E-state index in [1.165, 1.54) is 6.39 Å². The Labute approximate surface area is 57.3 Å². The van der Waals surface area contributed by atoms with Crippen LogP contribution in [0.1, 0.15) is 5.82 Å². The molecule has 0 spiro atoms. The molecule has 0 amide bonds. The maximum absolute atomic E-state index is 8.86. The summed E-state index contributed by atoms with van der Waals surface area (Å²) in [5.74, 6) is 0.404. The van der Waals surface area contributed by atoms with Crippen LogP contribution < -0.4 is 0 Å². The van der Waals surface area contributed by atoms with E-state index < -0.39 is 6.10 Å². The lowest BCUT2D eigenvalue weighted by Gasteiger charge is -2.00. The van der Waals surface area contributed by atoms with E-state index in [1.807, 2.05) is 0 Å². The normalized spacial score (nSPS) is 13.4. The van der Waals surface area contributed by atoms with Gasteiger partial charge in [0.05, 0.1) is 12.7 Å². The van der Waals surface area contributed by atoms with Crippen molar-refractivity contribution >= 4 is 0 Å². The van der Waals surface area contributed by atoms with E-state index in [0.29, 0.717) is 5.82 Å². The molecule has 1 heterocycles. The Kier molecular flexibility index (Phi) is 2.35. The summed E-state index contributed by atoms with van der Waals surface area (Å²) in [5, 5.41) is 20.7. The average Bonchev–Trinajstić information content (AvgIpc) is 2.40. The SMILES string of the molecule is OCC(O)Cc1ncon1. The number of rotatable bonds is 3. The standard InChI is InChI=1S/C5H8N2O3/c8-2-4(9)1-5-6-3-10-7-5/h3-4,8-9H,1-2H2. The first-order valence-corrected chi connectivity index (χ1v) is 2.87. The van der Waals surface area contributed by atoms with Crippen LogP contribution in [0.15, 0.2) is 10.9 Å². The number of aromatic nitrogens is 2. The molecule has 1 unspecified atom stereocenters. The molecule has 1 rings (SSSR count). The Morgan fingerprint density at radius 3 is 3.00 bits per heavy atom. The molecule has 0 fully saturated rings. The van der Waals surface area contributed by atoms with Gasteiger partial charge in [0.15, 0.2) is 5.82 Å². The van der Waals surface area contributed by atoms with Crippen molar-refractivity contribution in [3.63, 3.8) is 0 Å². The third kappa shape index (κ3) is 1.78. The molecule has 1 aromatic rings. The minimum Gasteiger partial charge on any atom is -0.394 e. The van der Waals surface area contributed by atoms with Crippen molar-refractivity contribution in [2.45, 2.75) is 12.5 Å². The summed E-state index contributed by atoms with van der Waals surface area (Å²) in [7, 11) is 0. The summed E-state index contributed by atoms with van der Waals surface area (Å²) in [6.07, 6.45) is 0.615. The summed E-state index contributed by atoms with van der Waals surface area (Å²) in [6, 6.07) is 0. The highest BCUT2D eigenvalue weighted by atomic mass is 16.5. The van der Waals surface area contributed by atoms with Gasteiger partial charge in [0.1, 0.15) is 0 Å². The van der Waals surface area contributed by atoms with Crippen LogP contribution in [0.2, 0.25) is 0 Å². The van der Waals surface area contributed by atoms with Crippen LogP contribution in [0, 0.1) is 0 Å². The first-order valence-electron chi connectivity index (χ1n) is 2.87. The number of nitrogens with zero attached hydrogens (tertiary/aromatic N) is 2. The Morgan fingerprint density at radius 1 is 1.70 bits per heavy atom. The van der Waals surface area contributed by atoms with Gasteiger partial charge in [-0.15, -0.1) is 0 Å². The first-order chi connectivity index (χ1) is 4.83. The quantitative estimate of drug-likeness (QED) is 0.566. The Bertz CT molecular complexity index is 175. The van der Waals surface area contributed by atoms with E-state index in [2.05, 4.69) is 14.7 Å². The maximum Gasteiger partial charge on any atom is 0.213 e. The molecule has 1 aromatic heterocycles. The van der Waals surface area contributed by atoms with Gasteiger partial charge in [-0.2, -0.15) is 4.98 Å². The van der Waals surface area contributed by atoms with Gasteiger partial charge < -0.3 is 14.7 Å². The number of hydrogen-bond acceptors (Lipinski definition) is 5. The second-order valence-corrected chi connectivity index (χ2v) is 1.89. The number of hydrogen-bond donors (Lipinski definition) is 2. The fraction of sp³-hybridized carbons (Fsp3) is 0.600. The topological polar surface area (TPSA) is 79.4 Å². The summed E-state index contributed by atoms with van der Waals surface area (Å²) in [4.78, 5) is 3.66. The van der Waals surface area contributed by atoms with Crippen molar-refractivity contribution in [2.24, 2.45) is 0 Å². The number of aliphatic hydroxyl groups is 2. The summed E-state index contributed by atoms with van der Waals surface area (Å²) >= 11 is 0. The third-order valence-electron chi connectivity index (χ3n) is 1.04. The molecule has 0 radical (unpaired) electrons. The van der Waals surface area contributed by atoms with E-state index in [0.717, 1.165) is 0 Å². The van der Waals surface area contributed by atoms with E-state index in [9.17, 15) is 0 Å². The van der Waals surface area contributed by atoms with E-state index in [1.54, 1.807) is 0 Å². The Hall–Kier alpha value is -0.940. The molecule has 5 heteroatoms. The van der Waals surface area contributed by atoms with Gasteiger partial charge in [-0.05, 0) is 0 Å². The summed E-state index contributed by atoms with van der Waals surface area (Å²) in [5.41, 5.74) is 0. The van der Waals surface area contributed by atoms with Gasteiger partial charge >= 0.3 is 0 Å². The average molecular weight is 144 g/mol. The molecule has 1 atom stereocenters. The fourth-order valence-electron chi connectivity index (χ4n) is 0.558. The largest absolute Gasteiger partial charge is 0.394 e.